The molecule has 0 saturated carbocycles. The molecule has 1 aromatic carbocycles. The molecule has 0 atom stereocenters. The van der Waals surface area contributed by atoms with Crippen LogP contribution in [0.2, 0.25) is 0 Å². The van der Waals surface area contributed by atoms with Crippen LogP contribution >= 0.6 is 11.3 Å². The molecule has 3 aromatic rings. The minimum atomic E-state index is -0.366. The van der Waals surface area contributed by atoms with Gasteiger partial charge in [-0.05, 0) is 62.5 Å². The first-order valence-corrected chi connectivity index (χ1v) is 9.06. The number of fused-ring (bicyclic) bond motifs is 1. The van der Waals surface area contributed by atoms with Gasteiger partial charge in [0.25, 0.3) is 5.91 Å². The SMILES string of the molecule is CCOC(=O)c1ccc(NC(=O)c2cc3sccc3n2C(C)C)cc1. The number of amides is 1. The number of hydrogen-bond acceptors (Lipinski definition) is 4. The number of anilines is 1. The van der Waals surface area contributed by atoms with Crippen molar-refractivity contribution in [1.82, 2.24) is 4.57 Å². The summed E-state index contributed by atoms with van der Waals surface area (Å²) in [5.41, 5.74) is 2.80. The first-order valence-electron chi connectivity index (χ1n) is 8.18. The average Bonchev–Trinajstić information content (AvgIpc) is 3.16. The van der Waals surface area contributed by atoms with E-state index in [1.54, 1.807) is 42.5 Å². The van der Waals surface area contributed by atoms with E-state index < -0.39 is 0 Å². The van der Waals surface area contributed by atoms with Crippen molar-refractivity contribution < 1.29 is 14.3 Å². The zero-order chi connectivity index (χ0) is 18.0. The Morgan fingerprint density at radius 1 is 1.20 bits per heavy atom. The van der Waals surface area contributed by atoms with E-state index in [1.807, 2.05) is 22.1 Å². The molecule has 0 aliphatic heterocycles. The van der Waals surface area contributed by atoms with Crippen LogP contribution in [0, 0.1) is 0 Å². The largest absolute Gasteiger partial charge is 0.462 e. The van der Waals surface area contributed by atoms with Gasteiger partial charge in [0.15, 0.2) is 0 Å². The molecule has 3 rings (SSSR count). The van der Waals surface area contributed by atoms with Gasteiger partial charge >= 0.3 is 5.97 Å². The van der Waals surface area contributed by atoms with Gasteiger partial charge in [0.05, 0.1) is 22.4 Å². The smallest absolute Gasteiger partial charge is 0.338 e. The molecule has 0 fully saturated rings. The highest BCUT2D eigenvalue weighted by Gasteiger charge is 2.18. The van der Waals surface area contributed by atoms with E-state index in [0.717, 1.165) is 10.2 Å². The third-order valence-corrected chi connectivity index (χ3v) is 4.72. The monoisotopic (exact) mass is 356 g/mol. The fourth-order valence-corrected chi connectivity index (χ4v) is 3.59. The number of nitrogens with one attached hydrogen (secondary N) is 1. The second-order valence-corrected chi connectivity index (χ2v) is 6.86. The van der Waals surface area contributed by atoms with Crippen molar-refractivity contribution in [3.05, 3.63) is 53.0 Å². The van der Waals surface area contributed by atoms with E-state index in [9.17, 15) is 9.59 Å². The summed E-state index contributed by atoms with van der Waals surface area (Å²) >= 11 is 1.62. The molecule has 0 radical (unpaired) electrons. The summed E-state index contributed by atoms with van der Waals surface area (Å²) in [4.78, 5) is 24.4. The zero-order valence-corrected chi connectivity index (χ0v) is 15.2. The Labute approximate surface area is 150 Å². The maximum absolute atomic E-state index is 12.7. The third kappa shape index (κ3) is 3.44. The fourth-order valence-electron chi connectivity index (χ4n) is 2.78. The van der Waals surface area contributed by atoms with Gasteiger partial charge in [-0.1, -0.05) is 0 Å². The topological polar surface area (TPSA) is 60.3 Å². The minimum Gasteiger partial charge on any atom is -0.462 e. The molecular formula is C19H20N2O3S. The number of ether oxygens (including phenoxy) is 1. The Morgan fingerprint density at radius 3 is 2.56 bits per heavy atom. The lowest BCUT2D eigenvalue weighted by atomic mass is 10.2. The first kappa shape index (κ1) is 17.2. The maximum Gasteiger partial charge on any atom is 0.338 e. The highest BCUT2D eigenvalue weighted by Crippen LogP contribution is 2.29. The quantitative estimate of drug-likeness (QED) is 0.673. The summed E-state index contributed by atoms with van der Waals surface area (Å²) < 4.78 is 8.09. The van der Waals surface area contributed by atoms with Gasteiger partial charge < -0.3 is 14.6 Å². The highest BCUT2D eigenvalue weighted by atomic mass is 32.1. The van der Waals surface area contributed by atoms with E-state index in [1.165, 1.54) is 0 Å². The number of aromatic nitrogens is 1. The second-order valence-electron chi connectivity index (χ2n) is 5.92. The summed E-state index contributed by atoms with van der Waals surface area (Å²) in [5.74, 6) is -0.532. The Hall–Kier alpha value is -2.60. The van der Waals surface area contributed by atoms with Gasteiger partial charge in [-0.25, -0.2) is 4.79 Å². The van der Waals surface area contributed by atoms with Crippen LogP contribution in [0.3, 0.4) is 0 Å². The Kier molecular flexibility index (Phi) is 4.90. The Bertz CT molecular complexity index is 907. The predicted octanol–water partition coefficient (Wildman–Crippen LogP) is 4.71. The van der Waals surface area contributed by atoms with Crippen LogP contribution in [0.4, 0.5) is 5.69 Å². The van der Waals surface area contributed by atoms with Crippen molar-refractivity contribution in [3.63, 3.8) is 0 Å². The zero-order valence-electron chi connectivity index (χ0n) is 14.4. The molecule has 2 aromatic heterocycles. The molecule has 0 saturated heterocycles. The summed E-state index contributed by atoms with van der Waals surface area (Å²) in [6.45, 7) is 6.21. The van der Waals surface area contributed by atoms with Crippen LogP contribution < -0.4 is 5.32 Å². The van der Waals surface area contributed by atoms with Gasteiger partial charge in [-0.2, -0.15) is 0 Å². The normalized spacial score (nSPS) is 11.0. The molecule has 2 heterocycles. The molecular weight excluding hydrogens is 336 g/mol. The Balaban J connectivity index is 1.82. The summed E-state index contributed by atoms with van der Waals surface area (Å²) in [7, 11) is 0. The van der Waals surface area contributed by atoms with Gasteiger partial charge in [0.1, 0.15) is 5.69 Å². The number of carbonyl (C=O) groups is 2. The molecule has 0 aliphatic rings. The number of carbonyl (C=O) groups excluding carboxylic acids is 2. The molecule has 0 spiro atoms. The highest BCUT2D eigenvalue weighted by molar-refractivity contribution is 7.17. The van der Waals surface area contributed by atoms with E-state index in [0.29, 0.717) is 23.6 Å². The van der Waals surface area contributed by atoms with Crippen LogP contribution in [0.25, 0.3) is 10.2 Å². The van der Waals surface area contributed by atoms with Crippen molar-refractivity contribution in [2.24, 2.45) is 0 Å². The summed E-state index contributed by atoms with van der Waals surface area (Å²) in [6.07, 6.45) is 0. The molecule has 1 amide bonds. The summed E-state index contributed by atoms with van der Waals surface area (Å²) in [5, 5.41) is 4.92. The van der Waals surface area contributed by atoms with Crippen molar-refractivity contribution in [2.75, 3.05) is 11.9 Å². The Morgan fingerprint density at radius 2 is 1.92 bits per heavy atom. The number of benzene rings is 1. The summed E-state index contributed by atoms with van der Waals surface area (Å²) in [6, 6.07) is 10.8. The molecule has 0 bridgehead atoms. The number of rotatable bonds is 5. The lowest BCUT2D eigenvalue weighted by molar-refractivity contribution is 0.0526. The van der Waals surface area contributed by atoms with Gasteiger partial charge in [-0.3, -0.25) is 4.79 Å². The molecule has 5 nitrogen and oxygen atoms in total. The molecule has 0 aliphatic carbocycles. The lowest BCUT2D eigenvalue weighted by Crippen LogP contribution is -2.18. The molecule has 6 heteroatoms. The third-order valence-electron chi connectivity index (χ3n) is 3.86. The van der Waals surface area contributed by atoms with Crippen molar-refractivity contribution in [2.45, 2.75) is 26.8 Å². The number of hydrogen-bond donors (Lipinski definition) is 1. The minimum absolute atomic E-state index is 0.166. The molecule has 25 heavy (non-hydrogen) atoms. The van der Waals surface area contributed by atoms with Crippen LogP contribution in [0.5, 0.6) is 0 Å². The van der Waals surface area contributed by atoms with Crippen LogP contribution in [-0.2, 0) is 4.74 Å². The van der Waals surface area contributed by atoms with E-state index >= 15 is 0 Å². The number of nitrogens with zero attached hydrogens (tertiary/aromatic N) is 1. The van der Waals surface area contributed by atoms with Crippen LogP contribution in [0.15, 0.2) is 41.8 Å². The first-order chi connectivity index (χ1) is 12.0. The van der Waals surface area contributed by atoms with Crippen LogP contribution in [0.1, 0.15) is 47.7 Å². The lowest BCUT2D eigenvalue weighted by Gasteiger charge is -2.14. The van der Waals surface area contributed by atoms with E-state index in [2.05, 4.69) is 19.2 Å². The molecule has 130 valence electrons. The molecule has 1 N–H and O–H groups in total. The van der Waals surface area contributed by atoms with Crippen molar-refractivity contribution in [1.29, 1.82) is 0 Å². The van der Waals surface area contributed by atoms with Crippen molar-refractivity contribution in [3.8, 4) is 0 Å². The number of thiophene rings is 1. The average molecular weight is 356 g/mol. The number of esters is 1. The van der Waals surface area contributed by atoms with Gasteiger partial charge in [0, 0.05) is 11.7 Å². The van der Waals surface area contributed by atoms with Gasteiger partial charge in [0.2, 0.25) is 0 Å². The van der Waals surface area contributed by atoms with Crippen LogP contribution in [-0.4, -0.2) is 23.1 Å². The van der Waals surface area contributed by atoms with E-state index in [4.69, 9.17) is 4.74 Å². The molecule has 0 unspecified atom stereocenters. The maximum atomic E-state index is 12.7. The van der Waals surface area contributed by atoms with Crippen molar-refractivity contribution >= 4 is 39.1 Å². The standard InChI is InChI=1S/C19H20N2O3S/c1-4-24-19(23)13-5-7-14(8-6-13)20-18(22)16-11-17-15(9-10-25-17)21(16)12(2)3/h5-12H,4H2,1-3H3,(H,20,22). The second kappa shape index (κ2) is 7.11. The fraction of sp³-hybridized carbons (Fsp3) is 0.263. The van der Waals surface area contributed by atoms with E-state index in [-0.39, 0.29) is 17.9 Å². The van der Waals surface area contributed by atoms with Gasteiger partial charge in [-0.15, -0.1) is 11.3 Å². The predicted molar refractivity (Wildman–Crippen MR) is 101 cm³/mol.